The van der Waals surface area contributed by atoms with Crippen LogP contribution in [-0.4, -0.2) is 40.3 Å². The van der Waals surface area contributed by atoms with Gasteiger partial charge in [-0.3, -0.25) is 4.98 Å². The van der Waals surface area contributed by atoms with Gasteiger partial charge in [-0.2, -0.15) is 4.31 Å². The summed E-state index contributed by atoms with van der Waals surface area (Å²) in [4.78, 5) is 9.37. The van der Waals surface area contributed by atoms with Crippen molar-refractivity contribution in [1.82, 2.24) is 18.8 Å². The Hall–Kier alpha value is -2.77. The van der Waals surface area contributed by atoms with Crippen LogP contribution in [0.4, 0.5) is 0 Å². The molecule has 1 aliphatic rings. The number of aromatic nitrogens is 3. The van der Waals surface area contributed by atoms with Crippen LogP contribution in [0.25, 0.3) is 21.9 Å². The number of fused-ring (bicyclic) bond motifs is 2. The van der Waals surface area contributed by atoms with Gasteiger partial charge >= 0.3 is 0 Å². The minimum absolute atomic E-state index is 0.0810. The summed E-state index contributed by atoms with van der Waals surface area (Å²) < 4.78 is 30.3. The van der Waals surface area contributed by atoms with E-state index < -0.39 is 10.0 Å². The molecule has 0 unspecified atom stereocenters. The molecule has 0 amide bonds. The van der Waals surface area contributed by atoms with Crippen LogP contribution >= 0.6 is 0 Å². The van der Waals surface area contributed by atoms with Crippen molar-refractivity contribution in [1.29, 1.82) is 0 Å². The molecule has 4 aromatic rings. The van der Waals surface area contributed by atoms with E-state index in [-0.39, 0.29) is 16.9 Å². The maximum atomic E-state index is 13.3. The zero-order valence-electron chi connectivity index (χ0n) is 16.4. The Kier molecular flexibility index (Phi) is 4.18. The fraction of sp³-hybridized carbons (Fsp3) is 0.273. The zero-order chi connectivity index (χ0) is 20.2. The molecule has 7 heteroatoms. The van der Waals surface area contributed by atoms with Gasteiger partial charge in [-0.1, -0.05) is 44.2 Å². The van der Waals surface area contributed by atoms with Crippen molar-refractivity contribution in [3.63, 3.8) is 0 Å². The lowest BCUT2D eigenvalue weighted by molar-refractivity contribution is 0.204. The number of hydrogen-bond acceptors (Lipinski definition) is 4. The molecule has 1 aliphatic heterocycles. The Bertz CT molecular complexity index is 1320. The van der Waals surface area contributed by atoms with E-state index in [1.54, 1.807) is 22.6 Å². The van der Waals surface area contributed by atoms with E-state index in [9.17, 15) is 8.42 Å². The third-order valence-electron chi connectivity index (χ3n) is 5.55. The zero-order valence-corrected chi connectivity index (χ0v) is 17.2. The van der Waals surface area contributed by atoms with Crippen LogP contribution in [0.2, 0.25) is 0 Å². The first-order valence-electron chi connectivity index (χ1n) is 9.77. The van der Waals surface area contributed by atoms with Crippen LogP contribution in [0.5, 0.6) is 0 Å². The van der Waals surface area contributed by atoms with Gasteiger partial charge in [0.25, 0.3) is 0 Å². The van der Waals surface area contributed by atoms with E-state index in [0.29, 0.717) is 18.6 Å². The Morgan fingerprint density at radius 3 is 2.55 bits per heavy atom. The van der Waals surface area contributed by atoms with Gasteiger partial charge in [0.2, 0.25) is 10.0 Å². The minimum Gasteiger partial charge on any atom is -0.322 e. The first-order chi connectivity index (χ1) is 14.0. The van der Waals surface area contributed by atoms with Crippen molar-refractivity contribution in [3.8, 4) is 0 Å². The maximum Gasteiger partial charge on any atom is 0.245 e. The van der Waals surface area contributed by atoms with Crippen LogP contribution < -0.4 is 0 Å². The molecule has 0 saturated carbocycles. The minimum atomic E-state index is -3.60. The number of pyridine rings is 1. The molecule has 1 saturated heterocycles. The maximum absolute atomic E-state index is 13.3. The number of nitrogens with zero attached hydrogens (tertiary/aromatic N) is 4. The van der Waals surface area contributed by atoms with Crippen LogP contribution in [0.15, 0.2) is 65.7 Å². The molecular formula is C22H22N4O2S. The molecule has 0 spiro atoms. The fourth-order valence-electron chi connectivity index (χ4n) is 4.05. The molecular weight excluding hydrogens is 384 g/mol. The highest BCUT2D eigenvalue weighted by Gasteiger charge is 2.40. The first-order valence-corrected chi connectivity index (χ1v) is 11.2. The quantitative estimate of drug-likeness (QED) is 0.515. The predicted octanol–water partition coefficient (Wildman–Crippen LogP) is 3.95. The number of imidazole rings is 1. The third-order valence-corrected chi connectivity index (χ3v) is 7.41. The molecule has 0 bridgehead atoms. The largest absolute Gasteiger partial charge is 0.322 e. The van der Waals surface area contributed by atoms with Gasteiger partial charge in [0.1, 0.15) is 10.7 Å². The van der Waals surface area contributed by atoms with Crippen molar-refractivity contribution in [2.75, 3.05) is 13.1 Å². The number of sulfonamides is 1. The molecule has 2 aromatic heterocycles. The van der Waals surface area contributed by atoms with Gasteiger partial charge < -0.3 is 4.57 Å². The van der Waals surface area contributed by atoms with E-state index in [0.717, 1.165) is 22.2 Å². The Morgan fingerprint density at radius 1 is 1.00 bits per heavy atom. The highest BCUT2D eigenvalue weighted by molar-refractivity contribution is 7.89. The standard InChI is InChI=1S/C22H22N4O2S/c1-15(2)22-24-18-9-3-4-10-19(18)26(22)17-13-25(14-17)29(27,28)20-11-5-7-16-8-6-12-23-21(16)20/h3-12,15,17H,13-14H2,1-2H3. The molecule has 0 aliphatic carbocycles. The topological polar surface area (TPSA) is 68.1 Å². The molecule has 2 aromatic carbocycles. The molecule has 3 heterocycles. The summed E-state index contributed by atoms with van der Waals surface area (Å²) in [6.45, 7) is 5.11. The average molecular weight is 407 g/mol. The highest BCUT2D eigenvalue weighted by Crippen LogP contribution is 2.35. The summed E-state index contributed by atoms with van der Waals surface area (Å²) in [5.41, 5.74) is 2.54. The van der Waals surface area contributed by atoms with Crippen molar-refractivity contribution in [2.45, 2.75) is 30.7 Å². The SMILES string of the molecule is CC(C)c1nc2ccccc2n1C1CN(S(=O)(=O)c2cccc3cccnc23)C1. The van der Waals surface area contributed by atoms with Gasteiger partial charge in [-0.15, -0.1) is 0 Å². The third kappa shape index (κ3) is 2.84. The summed E-state index contributed by atoms with van der Waals surface area (Å²) in [5, 5.41) is 0.827. The predicted molar refractivity (Wildman–Crippen MR) is 113 cm³/mol. The lowest BCUT2D eigenvalue weighted by atomic mass is 10.1. The highest BCUT2D eigenvalue weighted by atomic mass is 32.2. The lowest BCUT2D eigenvalue weighted by Gasteiger charge is -2.40. The van der Waals surface area contributed by atoms with E-state index in [1.165, 1.54) is 0 Å². The molecule has 6 nitrogen and oxygen atoms in total. The van der Waals surface area contributed by atoms with Crippen LogP contribution in [0.1, 0.15) is 31.6 Å². The second kappa shape index (κ2) is 6.64. The molecule has 1 fully saturated rings. The number of rotatable bonds is 4. The number of benzene rings is 2. The van der Waals surface area contributed by atoms with Gasteiger partial charge in [0, 0.05) is 30.6 Å². The van der Waals surface area contributed by atoms with Gasteiger partial charge in [0.15, 0.2) is 0 Å². The molecule has 5 rings (SSSR count). The van der Waals surface area contributed by atoms with Gasteiger partial charge in [-0.25, -0.2) is 13.4 Å². The van der Waals surface area contributed by atoms with E-state index in [4.69, 9.17) is 4.98 Å². The van der Waals surface area contributed by atoms with Crippen molar-refractivity contribution < 1.29 is 8.42 Å². The average Bonchev–Trinajstić information content (AvgIpc) is 3.06. The molecule has 0 atom stereocenters. The van der Waals surface area contributed by atoms with Crippen LogP contribution in [0, 0.1) is 0 Å². The van der Waals surface area contributed by atoms with E-state index in [1.807, 2.05) is 36.4 Å². The monoisotopic (exact) mass is 406 g/mol. The summed E-state index contributed by atoms with van der Waals surface area (Å²) in [6.07, 6.45) is 1.63. The van der Waals surface area contributed by atoms with E-state index >= 15 is 0 Å². The second-order valence-electron chi connectivity index (χ2n) is 7.79. The smallest absolute Gasteiger partial charge is 0.245 e. The molecule has 0 N–H and O–H groups in total. The van der Waals surface area contributed by atoms with Crippen LogP contribution in [-0.2, 0) is 10.0 Å². The number of hydrogen-bond donors (Lipinski definition) is 0. The number of para-hydroxylation sites is 3. The van der Waals surface area contributed by atoms with Gasteiger partial charge in [-0.05, 0) is 24.3 Å². The molecule has 29 heavy (non-hydrogen) atoms. The normalized spacial score (nSPS) is 16.0. The summed E-state index contributed by atoms with van der Waals surface area (Å²) in [6, 6.07) is 17.1. The van der Waals surface area contributed by atoms with Crippen molar-refractivity contribution in [3.05, 3.63) is 66.6 Å². The van der Waals surface area contributed by atoms with Crippen molar-refractivity contribution >= 4 is 32.0 Å². The Labute approximate surface area is 169 Å². The summed E-state index contributed by atoms with van der Waals surface area (Å²) >= 11 is 0. The fourth-order valence-corrected chi connectivity index (χ4v) is 5.73. The summed E-state index contributed by atoms with van der Waals surface area (Å²) in [7, 11) is -3.60. The Balaban J connectivity index is 1.50. The second-order valence-corrected chi connectivity index (χ2v) is 9.70. The molecule has 148 valence electrons. The Morgan fingerprint density at radius 2 is 1.76 bits per heavy atom. The van der Waals surface area contributed by atoms with E-state index in [2.05, 4.69) is 29.5 Å². The van der Waals surface area contributed by atoms with Crippen molar-refractivity contribution in [2.24, 2.45) is 0 Å². The summed E-state index contributed by atoms with van der Waals surface area (Å²) in [5.74, 6) is 1.26. The molecule has 0 radical (unpaired) electrons. The lowest BCUT2D eigenvalue weighted by Crippen LogP contribution is -2.50. The van der Waals surface area contributed by atoms with Crippen LogP contribution in [0.3, 0.4) is 0 Å². The first kappa shape index (κ1) is 18.3. The van der Waals surface area contributed by atoms with Gasteiger partial charge in [0.05, 0.1) is 22.6 Å².